The van der Waals surface area contributed by atoms with Gasteiger partial charge < -0.3 is 5.32 Å². The third-order valence-corrected chi connectivity index (χ3v) is 4.90. The van der Waals surface area contributed by atoms with Gasteiger partial charge in [0.2, 0.25) is 0 Å². The maximum absolute atomic E-state index is 13.0. The Morgan fingerprint density at radius 3 is 1.96 bits per heavy atom. The van der Waals surface area contributed by atoms with Crippen LogP contribution in [0.2, 0.25) is 0 Å². The minimum absolute atomic E-state index is 0.0416. The van der Waals surface area contributed by atoms with Crippen LogP contribution in [0.5, 0.6) is 0 Å². The van der Waals surface area contributed by atoms with E-state index < -0.39 is 0 Å². The number of hydrogen-bond donors (Lipinski definition) is 1. The van der Waals surface area contributed by atoms with Gasteiger partial charge in [0.1, 0.15) is 0 Å². The van der Waals surface area contributed by atoms with Gasteiger partial charge in [0.25, 0.3) is 5.91 Å². The molecule has 0 fully saturated rings. The van der Waals surface area contributed by atoms with Crippen molar-refractivity contribution < 1.29 is 4.79 Å². The summed E-state index contributed by atoms with van der Waals surface area (Å²) in [7, 11) is 0. The lowest BCUT2D eigenvalue weighted by atomic mass is 9.96. The van der Waals surface area contributed by atoms with Crippen LogP contribution in [0.25, 0.3) is 0 Å². The van der Waals surface area contributed by atoms with Gasteiger partial charge in [-0.1, -0.05) is 66.2 Å². The maximum atomic E-state index is 13.0. The van der Waals surface area contributed by atoms with Crippen molar-refractivity contribution in [3.63, 3.8) is 0 Å². The van der Waals surface area contributed by atoms with Gasteiger partial charge in [-0.2, -0.15) is 0 Å². The van der Waals surface area contributed by atoms with Gasteiger partial charge in [0.15, 0.2) is 0 Å². The molecule has 1 atom stereocenters. The molecule has 0 radical (unpaired) electrons. The summed E-state index contributed by atoms with van der Waals surface area (Å²) in [5.41, 5.74) is 7.44. The van der Waals surface area contributed by atoms with Crippen molar-refractivity contribution in [3.05, 3.63) is 106 Å². The van der Waals surface area contributed by atoms with Crippen molar-refractivity contribution >= 4 is 5.91 Å². The molecule has 1 N–H and O–H groups in total. The smallest absolute Gasteiger partial charge is 0.252 e. The first kappa shape index (κ1) is 17.9. The van der Waals surface area contributed by atoms with Crippen LogP contribution in [0.4, 0.5) is 0 Å². The molecule has 0 heterocycles. The molecule has 1 amide bonds. The minimum atomic E-state index is -0.176. The topological polar surface area (TPSA) is 29.1 Å². The zero-order valence-electron chi connectivity index (χ0n) is 15.8. The molecule has 0 aliphatic heterocycles. The van der Waals surface area contributed by atoms with Gasteiger partial charge in [-0.05, 0) is 61.6 Å². The molecule has 3 rings (SSSR count). The van der Waals surface area contributed by atoms with E-state index in [1.54, 1.807) is 0 Å². The molecule has 0 aromatic heterocycles. The number of carbonyl (C=O) groups is 1. The van der Waals surface area contributed by atoms with Crippen molar-refractivity contribution in [1.29, 1.82) is 0 Å². The Balaban J connectivity index is 1.97. The molecule has 0 aliphatic carbocycles. The average Bonchev–Trinajstić information content (AvgIpc) is 2.64. The molecule has 0 spiro atoms. The van der Waals surface area contributed by atoms with E-state index in [0.29, 0.717) is 0 Å². The minimum Gasteiger partial charge on any atom is -0.341 e. The zero-order chi connectivity index (χ0) is 18.7. The highest BCUT2D eigenvalue weighted by atomic mass is 16.1. The number of amides is 1. The Bertz CT molecular complexity index is 911. The molecular formula is C24H25NO. The number of hydrogen-bond acceptors (Lipinski definition) is 1. The normalized spacial score (nSPS) is 11.8. The second-order valence-electron chi connectivity index (χ2n) is 6.98. The summed E-state index contributed by atoms with van der Waals surface area (Å²) >= 11 is 0. The molecule has 0 saturated heterocycles. The quantitative estimate of drug-likeness (QED) is 0.671. The number of benzene rings is 3. The van der Waals surface area contributed by atoms with Crippen LogP contribution in [0, 0.1) is 27.7 Å². The number of carbonyl (C=O) groups excluding carboxylic acids is 1. The molecule has 2 nitrogen and oxygen atoms in total. The van der Waals surface area contributed by atoms with Crippen LogP contribution in [0.3, 0.4) is 0 Å². The summed E-state index contributed by atoms with van der Waals surface area (Å²) in [6.07, 6.45) is 0. The van der Waals surface area contributed by atoms with Gasteiger partial charge in [0.05, 0.1) is 6.04 Å². The highest BCUT2D eigenvalue weighted by molar-refractivity contribution is 5.96. The fourth-order valence-corrected chi connectivity index (χ4v) is 3.18. The Hall–Kier alpha value is -2.87. The third-order valence-electron chi connectivity index (χ3n) is 4.90. The van der Waals surface area contributed by atoms with Crippen molar-refractivity contribution in [2.75, 3.05) is 0 Å². The van der Waals surface area contributed by atoms with Crippen LogP contribution in [0.15, 0.2) is 66.7 Å². The first-order chi connectivity index (χ1) is 12.5. The molecule has 132 valence electrons. The Labute approximate surface area is 155 Å². The van der Waals surface area contributed by atoms with Gasteiger partial charge in [-0.3, -0.25) is 4.79 Å². The zero-order valence-corrected chi connectivity index (χ0v) is 15.8. The van der Waals surface area contributed by atoms with E-state index in [0.717, 1.165) is 27.8 Å². The second kappa shape index (κ2) is 7.57. The summed E-state index contributed by atoms with van der Waals surface area (Å²) in [6, 6.07) is 22.3. The number of aryl methyl sites for hydroxylation is 4. The lowest BCUT2D eigenvalue weighted by Gasteiger charge is -2.21. The van der Waals surface area contributed by atoms with Gasteiger partial charge >= 0.3 is 0 Å². The van der Waals surface area contributed by atoms with Gasteiger partial charge in [-0.15, -0.1) is 0 Å². The highest BCUT2D eigenvalue weighted by Gasteiger charge is 2.19. The predicted octanol–water partition coefficient (Wildman–Crippen LogP) is 5.44. The monoisotopic (exact) mass is 343 g/mol. The van der Waals surface area contributed by atoms with Crippen LogP contribution >= 0.6 is 0 Å². The largest absolute Gasteiger partial charge is 0.341 e. The number of nitrogens with one attached hydrogen (secondary N) is 1. The molecule has 0 saturated carbocycles. The van der Waals surface area contributed by atoms with E-state index in [-0.39, 0.29) is 11.9 Å². The lowest BCUT2D eigenvalue weighted by Crippen LogP contribution is -2.30. The molecule has 26 heavy (non-hydrogen) atoms. The van der Waals surface area contributed by atoms with E-state index >= 15 is 0 Å². The fourth-order valence-electron chi connectivity index (χ4n) is 3.18. The van der Waals surface area contributed by atoms with Crippen LogP contribution in [0.1, 0.15) is 49.8 Å². The van der Waals surface area contributed by atoms with E-state index in [9.17, 15) is 4.79 Å². The predicted molar refractivity (Wildman–Crippen MR) is 108 cm³/mol. The Morgan fingerprint density at radius 2 is 1.31 bits per heavy atom. The maximum Gasteiger partial charge on any atom is 0.252 e. The first-order valence-electron chi connectivity index (χ1n) is 8.96. The van der Waals surface area contributed by atoms with E-state index in [1.807, 2.05) is 38.1 Å². The van der Waals surface area contributed by atoms with Crippen molar-refractivity contribution in [3.8, 4) is 0 Å². The van der Waals surface area contributed by atoms with E-state index in [2.05, 4.69) is 61.6 Å². The summed E-state index contributed by atoms with van der Waals surface area (Å²) in [5.74, 6) is -0.0416. The first-order valence-corrected chi connectivity index (χ1v) is 8.96. The average molecular weight is 343 g/mol. The van der Waals surface area contributed by atoms with Crippen molar-refractivity contribution in [1.82, 2.24) is 5.32 Å². The van der Waals surface area contributed by atoms with Gasteiger partial charge in [0, 0.05) is 5.56 Å². The van der Waals surface area contributed by atoms with Crippen LogP contribution in [-0.2, 0) is 0 Å². The highest BCUT2D eigenvalue weighted by Crippen LogP contribution is 2.24. The fraction of sp³-hybridized carbons (Fsp3) is 0.208. The third kappa shape index (κ3) is 3.85. The number of rotatable bonds is 4. The SMILES string of the molecule is Cc1ccc([C@H](NC(=O)c2cc(C)c(C)cc2C)c2ccccc2)cc1. The molecule has 3 aromatic carbocycles. The standard InChI is InChI=1S/C24H25NO/c1-16-10-12-21(13-11-16)23(20-8-6-5-7-9-20)25-24(26)22-15-18(3)17(2)14-19(22)4/h5-15,23H,1-4H3,(H,25,26)/t23-/m1/s1. The summed E-state index contributed by atoms with van der Waals surface area (Å²) in [6.45, 7) is 8.17. The molecule has 0 bridgehead atoms. The van der Waals surface area contributed by atoms with Gasteiger partial charge in [-0.25, -0.2) is 0 Å². The Kier molecular flexibility index (Phi) is 5.22. The van der Waals surface area contributed by atoms with Crippen LogP contribution < -0.4 is 5.32 Å². The Morgan fingerprint density at radius 1 is 0.731 bits per heavy atom. The van der Waals surface area contributed by atoms with E-state index in [4.69, 9.17) is 0 Å². The van der Waals surface area contributed by atoms with E-state index in [1.165, 1.54) is 11.1 Å². The molecule has 0 unspecified atom stereocenters. The molecule has 3 aromatic rings. The lowest BCUT2D eigenvalue weighted by molar-refractivity contribution is 0.0942. The summed E-state index contributed by atoms with van der Waals surface area (Å²) in [4.78, 5) is 13.0. The summed E-state index contributed by atoms with van der Waals surface area (Å²) < 4.78 is 0. The molecular weight excluding hydrogens is 318 g/mol. The molecule has 2 heteroatoms. The van der Waals surface area contributed by atoms with Crippen LogP contribution in [-0.4, -0.2) is 5.91 Å². The summed E-state index contributed by atoms with van der Waals surface area (Å²) in [5, 5.41) is 3.23. The second-order valence-corrected chi connectivity index (χ2v) is 6.98. The van der Waals surface area contributed by atoms with Crippen molar-refractivity contribution in [2.24, 2.45) is 0 Å². The molecule has 0 aliphatic rings. The van der Waals surface area contributed by atoms with Crippen molar-refractivity contribution in [2.45, 2.75) is 33.7 Å².